The maximum atomic E-state index is 11.9. The average Bonchev–Trinajstić information content (AvgIpc) is 3.03. The molecule has 1 spiro atoms. The highest BCUT2D eigenvalue weighted by atomic mass is 16.5. The molecule has 5 nitrogen and oxygen atoms in total. The van der Waals surface area contributed by atoms with Gasteiger partial charge in [-0.3, -0.25) is 4.79 Å². The van der Waals surface area contributed by atoms with Crippen LogP contribution in [0.4, 0.5) is 0 Å². The van der Waals surface area contributed by atoms with Crippen LogP contribution in [0.25, 0.3) is 0 Å². The number of ether oxygens (including phenoxy) is 1. The molecule has 3 rings (SSSR count). The molecule has 1 aromatic heterocycles. The molecule has 1 aliphatic heterocycles. The van der Waals surface area contributed by atoms with Crippen molar-refractivity contribution < 1.29 is 14.6 Å². The average molecular weight is 277 g/mol. The number of hydrogen-bond acceptors (Lipinski definition) is 3. The van der Waals surface area contributed by atoms with Crippen LogP contribution in [0.2, 0.25) is 0 Å². The maximum Gasteiger partial charge on any atom is 0.335 e. The molecule has 1 unspecified atom stereocenters. The van der Waals surface area contributed by atoms with E-state index in [0.717, 1.165) is 25.7 Å². The Morgan fingerprint density at radius 3 is 2.80 bits per heavy atom. The second-order valence-corrected chi connectivity index (χ2v) is 5.88. The fourth-order valence-corrected chi connectivity index (χ4v) is 3.42. The first-order valence-corrected chi connectivity index (χ1v) is 7.20. The summed E-state index contributed by atoms with van der Waals surface area (Å²) in [5.74, 6) is -1.07. The molecule has 1 saturated carbocycles. The minimum Gasteiger partial charge on any atom is -0.478 e. The third kappa shape index (κ3) is 2.50. The molecular formula is C15H19NO4. The minimum absolute atomic E-state index is 0.0332. The summed E-state index contributed by atoms with van der Waals surface area (Å²) >= 11 is 0. The summed E-state index contributed by atoms with van der Waals surface area (Å²) in [6, 6.07) is 2.63. The molecule has 1 N–H and O–H groups in total. The Morgan fingerprint density at radius 2 is 2.15 bits per heavy atom. The smallest absolute Gasteiger partial charge is 0.335 e. The third-order valence-corrected chi connectivity index (χ3v) is 4.50. The molecule has 5 heteroatoms. The minimum atomic E-state index is -1.07. The van der Waals surface area contributed by atoms with Crippen LogP contribution < -0.4 is 5.56 Å². The summed E-state index contributed by atoms with van der Waals surface area (Å²) in [6.07, 6.45) is 8.43. The molecule has 0 amide bonds. The Balaban J connectivity index is 1.70. The van der Waals surface area contributed by atoms with Crippen molar-refractivity contribution in [3.63, 3.8) is 0 Å². The first-order chi connectivity index (χ1) is 9.58. The molecule has 0 bridgehead atoms. The lowest BCUT2D eigenvalue weighted by atomic mass is 9.98. The monoisotopic (exact) mass is 277 g/mol. The molecule has 0 radical (unpaired) electrons. The Labute approximate surface area is 117 Å². The third-order valence-electron chi connectivity index (χ3n) is 4.50. The summed E-state index contributed by atoms with van der Waals surface area (Å²) in [4.78, 5) is 22.7. The van der Waals surface area contributed by atoms with E-state index in [1.54, 1.807) is 10.8 Å². The standard InChI is InChI=1S/C15H19NO4/c17-13-9-11(14(18)19)4-8-16(13)10-12-3-7-15(20-12)5-1-2-6-15/h4,8-9,12H,1-3,5-7,10H2,(H,18,19). The van der Waals surface area contributed by atoms with E-state index in [0.29, 0.717) is 6.54 Å². The van der Waals surface area contributed by atoms with Gasteiger partial charge in [0.25, 0.3) is 5.56 Å². The van der Waals surface area contributed by atoms with Gasteiger partial charge in [-0.1, -0.05) is 12.8 Å². The Kier molecular flexibility index (Phi) is 3.38. The fraction of sp³-hybridized carbons (Fsp3) is 0.600. The van der Waals surface area contributed by atoms with Crippen LogP contribution in [0, 0.1) is 0 Å². The predicted octanol–water partition coefficient (Wildman–Crippen LogP) is 2.04. The van der Waals surface area contributed by atoms with Crippen LogP contribution in [0.1, 0.15) is 48.9 Å². The van der Waals surface area contributed by atoms with Crippen molar-refractivity contribution in [3.05, 3.63) is 34.2 Å². The van der Waals surface area contributed by atoms with E-state index < -0.39 is 5.97 Å². The van der Waals surface area contributed by atoms with Crippen molar-refractivity contribution in [2.75, 3.05) is 0 Å². The molecular weight excluding hydrogens is 258 g/mol. The lowest BCUT2D eigenvalue weighted by Gasteiger charge is -2.24. The van der Waals surface area contributed by atoms with Gasteiger partial charge in [-0.25, -0.2) is 4.79 Å². The molecule has 108 valence electrons. The quantitative estimate of drug-likeness (QED) is 0.918. The number of aromatic carboxylic acids is 1. The Morgan fingerprint density at radius 1 is 1.40 bits per heavy atom. The maximum absolute atomic E-state index is 11.9. The zero-order chi connectivity index (χ0) is 14.2. The van der Waals surface area contributed by atoms with Gasteiger partial charge in [-0.15, -0.1) is 0 Å². The number of carboxylic acids is 1. The zero-order valence-electron chi connectivity index (χ0n) is 11.4. The molecule has 2 fully saturated rings. The summed E-state index contributed by atoms with van der Waals surface area (Å²) in [7, 11) is 0. The van der Waals surface area contributed by atoms with Crippen LogP contribution in [0.5, 0.6) is 0 Å². The van der Waals surface area contributed by atoms with E-state index in [4.69, 9.17) is 9.84 Å². The largest absolute Gasteiger partial charge is 0.478 e. The highest BCUT2D eigenvalue weighted by Gasteiger charge is 2.42. The van der Waals surface area contributed by atoms with E-state index in [-0.39, 0.29) is 22.8 Å². The molecule has 2 aliphatic rings. The van der Waals surface area contributed by atoms with Gasteiger partial charge in [0.05, 0.1) is 23.8 Å². The zero-order valence-corrected chi connectivity index (χ0v) is 11.4. The molecule has 20 heavy (non-hydrogen) atoms. The van der Waals surface area contributed by atoms with Crippen LogP contribution >= 0.6 is 0 Å². The van der Waals surface area contributed by atoms with Gasteiger partial charge in [-0.05, 0) is 31.7 Å². The topological polar surface area (TPSA) is 68.5 Å². The second-order valence-electron chi connectivity index (χ2n) is 5.88. The summed E-state index contributed by atoms with van der Waals surface area (Å²) in [5.41, 5.74) is -0.179. The first-order valence-electron chi connectivity index (χ1n) is 7.20. The molecule has 1 atom stereocenters. The Bertz CT molecular complexity index is 571. The summed E-state index contributed by atoms with van der Waals surface area (Å²) < 4.78 is 7.72. The number of pyridine rings is 1. The first kappa shape index (κ1) is 13.4. The highest BCUT2D eigenvalue weighted by Crippen LogP contribution is 2.43. The van der Waals surface area contributed by atoms with Crippen molar-refractivity contribution in [2.24, 2.45) is 0 Å². The number of nitrogens with zero attached hydrogens (tertiary/aromatic N) is 1. The lowest BCUT2D eigenvalue weighted by molar-refractivity contribution is -0.0421. The van der Waals surface area contributed by atoms with Crippen LogP contribution in [0.15, 0.2) is 23.1 Å². The summed E-state index contributed by atoms with van der Waals surface area (Å²) in [5, 5.41) is 8.85. The van der Waals surface area contributed by atoms with Crippen LogP contribution in [0.3, 0.4) is 0 Å². The SMILES string of the molecule is O=C(O)c1ccn(CC2CCC3(CCCC3)O2)c(=O)c1. The van der Waals surface area contributed by atoms with Crippen LogP contribution in [-0.2, 0) is 11.3 Å². The van der Waals surface area contributed by atoms with E-state index >= 15 is 0 Å². The van der Waals surface area contributed by atoms with Gasteiger partial charge in [0.15, 0.2) is 0 Å². The van der Waals surface area contributed by atoms with Crippen LogP contribution in [-0.4, -0.2) is 27.3 Å². The Hall–Kier alpha value is -1.62. The van der Waals surface area contributed by atoms with E-state index in [1.807, 2.05) is 0 Å². The number of rotatable bonds is 3. The normalized spacial score (nSPS) is 24.3. The van der Waals surface area contributed by atoms with Gasteiger partial charge < -0.3 is 14.4 Å². The van der Waals surface area contributed by atoms with E-state index in [1.165, 1.54) is 25.0 Å². The van der Waals surface area contributed by atoms with Gasteiger partial charge in [0, 0.05) is 12.3 Å². The second kappa shape index (κ2) is 5.05. The van der Waals surface area contributed by atoms with E-state index in [9.17, 15) is 9.59 Å². The number of aromatic nitrogens is 1. The molecule has 1 saturated heterocycles. The van der Waals surface area contributed by atoms with Gasteiger partial charge in [-0.2, -0.15) is 0 Å². The molecule has 1 aromatic rings. The number of carboxylic acid groups (broad SMARTS) is 1. The van der Waals surface area contributed by atoms with Gasteiger partial charge in [0.2, 0.25) is 0 Å². The highest BCUT2D eigenvalue weighted by molar-refractivity contribution is 5.87. The van der Waals surface area contributed by atoms with Crippen molar-refractivity contribution >= 4 is 5.97 Å². The number of hydrogen-bond donors (Lipinski definition) is 1. The van der Waals surface area contributed by atoms with Crippen molar-refractivity contribution in [1.82, 2.24) is 4.57 Å². The van der Waals surface area contributed by atoms with Crippen molar-refractivity contribution in [1.29, 1.82) is 0 Å². The van der Waals surface area contributed by atoms with Crippen molar-refractivity contribution in [2.45, 2.75) is 56.8 Å². The van der Waals surface area contributed by atoms with E-state index in [2.05, 4.69) is 0 Å². The van der Waals surface area contributed by atoms with Gasteiger partial charge >= 0.3 is 5.97 Å². The molecule has 1 aliphatic carbocycles. The fourth-order valence-electron chi connectivity index (χ4n) is 3.42. The van der Waals surface area contributed by atoms with Gasteiger partial charge in [0.1, 0.15) is 0 Å². The molecule has 0 aromatic carbocycles. The van der Waals surface area contributed by atoms with Crippen molar-refractivity contribution in [3.8, 4) is 0 Å². The number of carbonyl (C=O) groups is 1. The molecule has 2 heterocycles. The predicted molar refractivity (Wildman–Crippen MR) is 73.0 cm³/mol. The summed E-state index contributed by atoms with van der Waals surface area (Å²) in [6.45, 7) is 0.514. The lowest BCUT2D eigenvalue weighted by Crippen LogP contribution is -2.30.